The number of nitrogens with zero attached hydrogens (tertiary/aromatic N) is 1. The van der Waals surface area contributed by atoms with Gasteiger partial charge in [0.1, 0.15) is 5.75 Å². The minimum atomic E-state index is 0.254. The Hall–Kier alpha value is -1.97. The van der Waals surface area contributed by atoms with Crippen LogP contribution in [0.4, 0.5) is 5.88 Å². The molecule has 0 bridgehead atoms. The molecule has 2 aromatic rings. The first-order valence-electron chi connectivity index (χ1n) is 6.23. The molecule has 1 aliphatic rings. The molecule has 0 atom stereocenters. The number of rotatable bonds is 1. The van der Waals surface area contributed by atoms with Crippen LogP contribution in [0, 0.1) is 6.92 Å². The van der Waals surface area contributed by atoms with Gasteiger partial charge in [-0.3, -0.25) is 0 Å². The van der Waals surface area contributed by atoms with Crippen molar-refractivity contribution < 1.29 is 9.63 Å². The van der Waals surface area contributed by atoms with Crippen molar-refractivity contribution >= 4 is 5.88 Å². The van der Waals surface area contributed by atoms with Gasteiger partial charge in [0.25, 0.3) is 0 Å². The number of fused-ring (bicyclic) bond motifs is 1. The zero-order chi connectivity index (χ0) is 12.7. The minimum Gasteiger partial charge on any atom is -0.507 e. The Bertz CT molecular complexity index is 602. The summed E-state index contributed by atoms with van der Waals surface area (Å²) in [6.07, 6.45) is 6.08. The summed E-state index contributed by atoms with van der Waals surface area (Å²) in [5.41, 5.74) is 10.9. The summed E-state index contributed by atoms with van der Waals surface area (Å²) in [6.45, 7) is 2.03. The molecule has 1 aromatic heterocycles. The van der Waals surface area contributed by atoms with E-state index in [1.807, 2.05) is 13.0 Å². The monoisotopic (exact) mass is 244 g/mol. The van der Waals surface area contributed by atoms with Crippen molar-refractivity contribution in [1.29, 1.82) is 0 Å². The fraction of sp³-hybridized carbons (Fsp3) is 0.357. The maximum absolute atomic E-state index is 10.2. The normalized spacial score (nSPS) is 14.5. The van der Waals surface area contributed by atoms with Crippen molar-refractivity contribution in [2.24, 2.45) is 0 Å². The average molecular weight is 244 g/mol. The molecule has 1 heterocycles. The predicted molar refractivity (Wildman–Crippen MR) is 69.4 cm³/mol. The van der Waals surface area contributed by atoms with E-state index >= 15 is 0 Å². The SMILES string of the molecule is Cc1c2c(cc(O)c1-c1cnoc1N)CCCC2. The number of nitrogen functional groups attached to an aromatic ring is 1. The largest absolute Gasteiger partial charge is 0.507 e. The van der Waals surface area contributed by atoms with Crippen LogP contribution in [0.15, 0.2) is 16.8 Å². The number of hydrogen-bond acceptors (Lipinski definition) is 4. The molecular formula is C14H16N2O2. The van der Waals surface area contributed by atoms with Crippen LogP contribution >= 0.6 is 0 Å². The van der Waals surface area contributed by atoms with Crippen molar-refractivity contribution in [3.8, 4) is 16.9 Å². The maximum Gasteiger partial charge on any atom is 0.230 e. The van der Waals surface area contributed by atoms with E-state index in [4.69, 9.17) is 10.3 Å². The van der Waals surface area contributed by atoms with Crippen LogP contribution in [0.1, 0.15) is 29.5 Å². The lowest BCUT2D eigenvalue weighted by Gasteiger charge is -2.21. The molecule has 1 aliphatic carbocycles. The number of aromatic nitrogens is 1. The Morgan fingerprint density at radius 2 is 2.11 bits per heavy atom. The van der Waals surface area contributed by atoms with E-state index in [1.165, 1.54) is 24.0 Å². The van der Waals surface area contributed by atoms with Crippen molar-refractivity contribution in [3.05, 3.63) is 29.0 Å². The van der Waals surface area contributed by atoms with Crippen LogP contribution < -0.4 is 5.73 Å². The van der Waals surface area contributed by atoms with Crippen LogP contribution in [-0.2, 0) is 12.8 Å². The van der Waals surface area contributed by atoms with Crippen LogP contribution in [0.2, 0.25) is 0 Å². The molecule has 0 unspecified atom stereocenters. The van der Waals surface area contributed by atoms with E-state index in [0.717, 1.165) is 24.0 Å². The molecule has 1 aromatic carbocycles. The summed E-state index contributed by atoms with van der Waals surface area (Å²) >= 11 is 0. The minimum absolute atomic E-state index is 0.254. The lowest BCUT2D eigenvalue weighted by atomic mass is 9.84. The zero-order valence-electron chi connectivity index (χ0n) is 10.4. The standard InChI is InChI=1S/C14H16N2O2/c1-8-10-5-3-2-4-9(10)6-12(17)13(8)11-7-16-18-14(11)15/h6-7,17H,2-5,15H2,1H3. The van der Waals surface area contributed by atoms with Gasteiger partial charge < -0.3 is 15.4 Å². The van der Waals surface area contributed by atoms with E-state index < -0.39 is 0 Å². The van der Waals surface area contributed by atoms with Gasteiger partial charge in [0.05, 0.1) is 11.8 Å². The first-order valence-corrected chi connectivity index (χ1v) is 6.23. The highest BCUT2D eigenvalue weighted by Crippen LogP contribution is 2.40. The van der Waals surface area contributed by atoms with E-state index in [-0.39, 0.29) is 11.6 Å². The topological polar surface area (TPSA) is 72.3 Å². The molecule has 0 saturated heterocycles. The van der Waals surface area contributed by atoms with Crippen molar-refractivity contribution in [1.82, 2.24) is 5.16 Å². The lowest BCUT2D eigenvalue weighted by Crippen LogP contribution is -2.06. The molecular weight excluding hydrogens is 228 g/mol. The van der Waals surface area contributed by atoms with Gasteiger partial charge in [-0.05, 0) is 55.4 Å². The van der Waals surface area contributed by atoms with Crippen LogP contribution in [0.3, 0.4) is 0 Å². The zero-order valence-corrected chi connectivity index (χ0v) is 10.4. The smallest absolute Gasteiger partial charge is 0.230 e. The molecule has 0 amide bonds. The van der Waals surface area contributed by atoms with Gasteiger partial charge in [-0.15, -0.1) is 0 Å². The Kier molecular flexibility index (Phi) is 2.51. The Labute approximate surface area is 105 Å². The van der Waals surface area contributed by atoms with Gasteiger partial charge in [-0.2, -0.15) is 0 Å². The van der Waals surface area contributed by atoms with E-state index in [2.05, 4.69) is 5.16 Å². The van der Waals surface area contributed by atoms with Crippen molar-refractivity contribution in [3.63, 3.8) is 0 Å². The molecule has 0 radical (unpaired) electrons. The maximum atomic E-state index is 10.2. The lowest BCUT2D eigenvalue weighted by molar-refractivity contribution is 0.436. The van der Waals surface area contributed by atoms with Crippen molar-refractivity contribution in [2.75, 3.05) is 5.73 Å². The Balaban J connectivity index is 2.24. The van der Waals surface area contributed by atoms with Gasteiger partial charge in [0.2, 0.25) is 5.88 Å². The Morgan fingerprint density at radius 3 is 2.83 bits per heavy atom. The molecule has 4 heteroatoms. The molecule has 0 saturated carbocycles. The second-order valence-corrected chi connectivity index (χ2v) is 4.84. The first-order chi connectivity index (χ1) is 8.68. The first kappa shape index (κ1) is 11.1. The van der Waals surface area contributed by atoms with Gasteiger partial charge >= 0.3 is 0 Å². The number of aromatic hydroxyl groups is 1. The number of phenolic OH excluding ortho intramolecular Hbond substituents is 1. The molecule has 18 heavy (non-hydrogen) atoms. The summed E-state index contributed by atoms with van der Waals surface area (Å²) in [5.74, 6) is 0.521. The summed E-state index contributed by atoms with van der Waals surface area (Å²) in [5, 5.41) is 13.9. The van der Waals surface area contributed by atoms with E-state index in [9.17, 15) is 5.11 Å². The highest BCUT2D eigenvalue weighted by Gasteiger charge is 2.21. The number of phenols is 1. The van der Waals surface area contributed by atoms with Crippen molar-refractivity contribution in [2.45, 2.75) is 32.6 Å². The molecule has 0 aliphatic heterocycles. The van der Waals surface area contributed by atoms with Gasteiger partial charge in [-0.25, -0.2) is 0 Å². The third-order valence-corrected chi connectivity index (χ3v) is 3.77. The number of nitrogens with two attached hydrogens (primary N) is 1. The van der Waals surface area contributed by atoms with Gasteiger partial charge in [-0.1, -0.05) is 5.16 Å². The number of benzene rings is 1. The van der Waals surface area contributed by atoms with Crippen LogP contribution in [-0.4, -0.2) is 10.3 Å². The summed E-state index contributed by atoms with van der Waals surface area (Å²) < 4.78 is 4.89. The number of hydrogen-bond donors (Lipinski definition) is 2. The third-order valence-electron chi connectivity index (χ3n) is 3.77. The molecule has 3 N–H and O–H groups in total. The Morgan fingerprint density at radius 1 is 1.33 bits per heavy atom. The van der Waals surface area contributed by atoms with E-state index in [1.54, 1.807) is 6.20 Å². The highest BCUT2D eigenvalue weighted by atomic mass is 16.5. The second kappa shape index (κ2) is 4.05. The second-order valence-electron chi connectivity index (χ2n) is 4.84. The molecule has 0 fully saturated rings. The fourth-order valence-electron chi connectivity index (χ4n) is 2.87. The number of aryl methyl sites for hydroxylation is 1. The summed E-state index contributed by atoms with van der Waals surface area (Å²) in [4.78, 5) is 0. The summed E-state index contributed by atoms with van der Waals surface area (Å²) in [7, 11) is 0. The average Bonchev–Trinajstić information content (AvgIpc) is 2.76. The third kappa shape index (κ3) is 1.56. The van der Waals surface area contributed by atoms with Crippen LogP contribution in [0.5, 0.6) is 5.75 Å². The number of anilines is 1. The molecule has 94 valence electrons. The van der Waals surface area contributed by atoms with E-state index in [0.29, 0.717) is 5.56 Å². The van der Waals surface area contributed by atoms with Gasteiger partial charge in [0.15, 0.2) is 0 Å². The predicted octanol–water partition coefficient (Wildman–Crippen LogP) is 2.82. The summed E-state index contributed by atoms with van der Waals surface area (Å²) in [6, 6.07) is 1.86. The van der Waals surface area contributed by atoms with Gasteiger partial charge in [0, 0.05) is 5.56 Å². The fourth-order valence-corrected chi connectivity index (χ4v) is 2.87. The molecule has 0 spiro atoms. The quantitative estimate of drug-likeness (QED) is 0.809. The molecule has 4 nitrogen and oxygen atoms in total. The highest BCUT2D eigenvalue weighted by molar-refractivity contribution is 5.81. The van der Waals surface area contributed by atoms with Crippen LogP contribution in [0.25, 0.3) is 11.1 Å². The molecule has 3 rings (SSSR count).